The number of carboxylic acids is 1. The minimum absolute atomic E-state index is 0.0697. The molecule has 1 aromatic heterocycles. The average molecular weight is 440 g/mol. The molecule has 2 atom stereocenters. The predicted octanol–water partition coefficient (Wildman–Crippen LogP) is 3.40. The van der Waals surface area contributed by atoms with Crippen LogP contribution >= 0.6 is 0 Å². The normalized spacial score (nSPS) is 18.4. The fourth-order valence-electron chi connectivity index (χ4n) is 4.01. The van der Waals surface area contributed by atoms with Gasteiger partial charge in [0.05, 0.1) is 35.2 Å². The highest BCUT2D eigenvalue weighted by Gasteiger charge is 2.41. The number of carboxylic acid groups (broad SMARTS) is 1. The van der Waals surface area contributed by atoms with E-state index in [9.17, 15) is 24.3 Å². The quantitative estimate of drug-likeness (QED) is 0.662. The van der Waals surface area contributed by atoms with E-state index in [1.54, 1.807) is 0 Å². The minimum Gasteiger partial charge on any atom is -0.494 e. The molecule has 0 radical (unpaired) electrons. The highest BCUT2D eigenvalue weighted by molar-refractivity contribution is 5.98. The van der Waals surface area contributed by atoms with E-state index in [-0.39, 0.29) is 58.1 Å². The SMILES string of the molecule is COc1c(-c2cc(C#N)c3c(c2)OCO3)c(F)cc2c(=O)c(C(=O)O)cn([C@@H]3CC3F)c12. The molecule has 3 aromatic rings. The van der Waals surface area contributed by atoms with Crippen molar-refractivity contribution in [1.82, 2.24) is 4.57 Å². The molecule has 1 aliphatic heterocycles. The Bertz CT molecular complexity index is 1430. The summed E-state index contributed by atoms with van der Waals surface area (Å²) in [4.78, 5) is 24.3. The molecule has 2 aromatic carbocycles. The second kappa shape index (κ2) is 6.95. The average Bonchev–Trinajstić information content (AvgIpc) is 3.29. The van der Waals surface area contributed by atoms with Gasteiger partial charge in [0.1, 0.15) is 23.6 Å². The van der Waals surface area contributed by atoms with Crippen LogP contribution in [0.3, 0.4) is 0 Å². The molecule has 1 saturated carbocycles. The molecule has 0 spiro atoms. The third-order valence-corrected chi connectivity index (χ3v) is 5.58. The summed E-state index contributed by atoms with van der Waals surface area (Å²) in [6, 6.07) is 5.03. The van der Waals surface area contributed by atoms with Crippen LogP contribution in [-0.2, 0) is 0 Å². The molecule has 1 unspecified atom stereocenters. The number of hydrogen-bond acceptors (Lipinski definition) is 6. The monoisotopic (exact) mass is 440 g/mol. The summed E-state index contributed by atoms with van der Waals surface area (Å²) in [6.45, 7) is -0.0954. The lowest BCUT2D eigenvalue weighted by Crippen LogP contribution is -2.20. The first-order valence-corrected chi connectivity index (χ1v) is 9.52. The summed E-state index contributed by atoms with van der Waals surface area (Å²) in [7, 11) is 1.26. The maximum atomic E-state index is 15.4. The maximum absolute atomic E-state index is 15.4. The number of ether oxygens (including phenoxy) is 3. The molecule has 162 valence electrons. The number of halogens is 2. The molecule has 1 aliphatic carbocycles. The molecule has 0 bridgehead atoms. The number of benzene rings is 2. The number of rotatable bonds is 4. The summed E-state index contributed by atoms with van der Waals surface area (Å²) in [5.41, 5.74) is -1.19. The van der Waals surface area contributed by atoms with Crippen molar-refractivity contribution in [3.8, 4) is 34.4 Å². The molecule has 0 saturated heterocycles. The molecule has 2 heterocycles. The highest BCUT2D eigenvalue weighted by Crippen LogP contribution is 2.47. The van der Waals surface area contributed by atoms with E-state index in [0.717, 1.165) is 12.3 Å². The maximum Gasteiger partial charge on any atom is 0.341 e. The molecule has 1 fully saturated rings. The van der Waals surface area contributed by atoms with Crippen LogP contribution in [0.5, 0.6) is 17.2 Å². The van der Waals surface area contributed by atoms with E-state index < -0.39 is 35.0 Å². The fraction of sp³-hybridized carbons (Fsp3) is 0.227. The van der Waals surface area contributed by atoms with Gasteiger partial charge in [-0.25, -0.2) is 13.6 Å². The van der Waals surface area contributed by atoms with Crippen LogP contribution in [0.4, 0.5) is 8.78 Å². The van der Waals surface area contributed by atoms with Crippen molar-refractivity contribution in [3.05, 3.63) is 51.6 Å². The Kier molecular flexibility index (Phi) is 4.30. The summed E-state index contributed by atoms with van der Waals surface area (Å²) < 4.78 is 46.8. The van der Waals surface area contributed by atoms with Crippen molar-refractivity contribution in [2.45, 2.75) is 18.6 Å². The standard InChI is InChI=1S/C22H14F2N2O6/c1-30-21-17(9-2-10(6-25)20-16(3-9)31-8-32-20)14(24)4-11-18(21)26(15-5-13(15)23)7-12(19(11)27)22(28)29/h2-4,7,13,15H,5,8H2,1H3,(H,28,29)/t13?,15-/m1/s1. The first-order chi connectivity index (χ1) is 15.3. The molecule has 0 amide bonds. The van der Waals surface area contributed by atoms with Gasteiger partial charge in [-0.15, -0.1) is 0 Å². The van der Waals surface area contributed by atoms with Gasteiger partial charge >= 0.3 is 5.97 Å². The lowest BCUT2D eigenvalue weighted by molar-refractivity contribution is 0.0694. The van der Waals surface area contributed by atoms with Crippen molar-refractivity contribution in [3.63, 3.8) is 0 Å². The summed E-state index contributed by atoms with van der Waals surface area (Å²) in [5.74, 6) is -1.99. The second-order valence-corrected chi connectivity index (χ2v) is 7.44. The van der Waals surface area contributed by atoms with Gasteiger partial charge in [0, 0.05) is 12.6 Å². The Hall–Kier alpha value is -4.13. The van der Waals surface area contributed by atoms with Crippen LogP contribution in [0.25, 0.3) is 22.0 Å². The Balaban J connectivity index is 1.88. The highest BCUT2D eigenvalue weighted by atomic mass is 19.1. The van der Waals surface area contributed by atoms with Crippen molar-refractivity contribution in [2.24, 2.45) is 0 Å². The number of aromatic carboxylic acids is 1. The number of nitrogens with zero attached hydrogens (tertiary/aromatic N) is 2. The van der Waals surface area contributed by atoms with Gasteiger partial charge in [0.2, 0.25) is 12.2 Å². The van der Waals surface area contributed by atoms with Gasteiger partial charge in [0.15, 0.2) is 17.2 Å². The molecule has 1 N–H and O–H groups in total. The number of nitriles is 1. The first-order valence-electron chi connectivity index (χ1n) is 9.52. The van der Waals surface area contributed by atoms with E-state index in [1.807, 2.05) is 6.07 Å². The van der Waals surface area contributed by atoms with Crippen molar-refractivity contribution < 1.29 is 32.9 Å². The number of aromatic nitrogens is 1. The van der Waals surface area contributed by atoms with Gasteiger partial charge in [-0.05, 0) is 23.8 Å². The molecular formula is C22H14F2N2O6. The Labute approximate surface area is 178 Å². The largest absolute Gasteiger partial charge is 0.494 e. The van der Waals surface area contributed by atoms with E-state index in [1.165, 1.54) is 23.8 Å². The first kappa shape index (κ1) is 19.8. The summed E-state index contributed by atoms with van der Waals surface area (Å²) in [5, 5.41) is 18.6. The summed E-state index contributed by atoms with van der Waals surface area (Å²) >= 11 is 0. The van der Waals surface area contributed by atoms with Gasteiger partial charge in [-0.1, -0.05) is 0 Å². The van der Waals surface area contributed by atoms with Crippen LogP contribution < -0.4 is 19.6 Å². The number of alkyl halides is 1. The topological polar surface area (TPSA) is 111 Å². The van der Waals surface area contributed by atoms with Crippen LogP contribution in [0, 0.1) is 17.1 Å². The second-order valence-electron chi connectivity index (χ2n) is 7.44. The lowest BCUT2D eigenvalue weighted by atomic mass is 9.97. The Morgan fingerprint density at radius 2 is 2.09 bits per heavy atom. The minimum atomic E-state index is -1.50. The molecule has 5 rings (SSSR count). The molecule has 8 nitrogen and oxygen atoms in total. The molecule has 32 heavy (non-hydrogen) atoms. The summed E-state index contributed by atoms with van der Waals surface area (Å²) in [6.07, 6.45) is -0.0617. The zero-order valence-electron chi connectivity index (χ0n) is 16.5. The zero-order valence-corrected chi connectivity index (χ0v) is 16.5. The van der Waals surface area contributed by atoms with Crippen molar-refractivity contribution in [2.75, 3.05) is 13.9 Å². The number of methoxy groups -OCH3 is 1. The fourth-order valence-corrected chi connectivity index (χ4v) is 4.01. The third kappa shape index (κ3) is 2.78. The van der Waals surface area contributed by atoms with E-state index in [2.05, 4.69) is 0 Å². The molecule has 2 aliphatic rings. The number of carbonyl (C=O) groups is 1. The van der Waals surface area contributed by atoms with Crippen LogP contribution in [0.15, 0.2) is 29.2 Å². The van der Waals surface area contributed by atoms with E-state index >= 15 is 4.39 Å². The number of hydrogen-bond donors (Lipinski definition) is 1. The molecule has 10 heteroatoms. The predicted molar refractivity (Wildman–Crippen MR) is 107 cm³/mol. The van der Waals surface area contributed by atoms with Crippen LogP contribution in [0.1, 0.15) is 28.4 Å². The van der Waals surface area contributed by atoms with Gasteiger partial charge in [-0.2, -0.15) is 5.26 Å². The van der Waals surface area contributed by atoms with Gasteiger partial charge in [0.25, 0.3) is 0 Å². The van der Waals surface area contributed by atoms with Gasteiger partial charge < -0.3 is 23.9 Å². The third-order valence-electron chi connectivity index (χ3n) is 5.58. The smallest absolute Gasteiger partial charge is 0.341 e. The van der Waals surface area contributed by atoms with Crippen LogP contribution in [0.2, 0.25) is 0 Å². The lowest BCUT2D eigenvalue weighted by Gasteiger charge is -2.18. The number of fused-ring (bicyclic) bond motifs is 2. The van der Waals surface area contributed by atoms with E-state index in [0.29, 0.717) is 0 Å². The Morgan fingerprint density at radius 3 is 2.72 bits per heavy atom. The van der Waals surface area contributed by atoms with Crippen molar-refractivity contribution in [1.29, 1.82) is 5.26 Å². The Morgan fingerprint density at radius 1 is 1.34 bits per heavy atom. The number of pyridine rings is 1. The van der Waals surface area contributed by atoms with Crippen molar-refractivity contribution >= 4 is 16.9 Å². The van der Waals surface area contributed by atoms with E-state index in [4.69, 9.17) is 14.2 Å². The van der Waals surface area contributed by atoms with Crippen LogP contribution in [-0.4, -0.2) is 35.7 Å². The zero-order chi connectivity index (χ0) is 22.7. The molecular weight excluding hydrogens is 426 g/mol. The van der Waals surface area contributed by atoms with Gasteiger partial charge in [-0.3, -0.25) is 4.79 Å².